The van der Waals surface area contributed by atoms with Crippen LogP contribution >= 0.6 is 0 Å². The number of ether oxygens (including phenoxy) is 1. The number of para-hydroxylation sites is 1. The van der Waals surface area contributed by atoms with Gasteiger partial charge in [0, 0.05) is 49.8 Å². The summed E-state index contributed by atoms with van der Waals surface area (Å²) < 4.78 is 6.51. The third-order valence-corrected chi connectivity index (χ3v) is 7.02. The average Bonchev–Trinajstić information content (AvgIpc) is 3.20. The third kappa shape index (κ3) is 3.69. The Kier molecular flexibility index (Phi) is 4.97. The molecule has 6 heteroatoms. The van der Waals surface area contributed by atoms with Gasteiger partial charge >= 0.3 is 0 Å². The molecule has 0 radical (unpaired) electrons. The fourth-order valence-electron chi connectivity index (χ4n) is 5.19. The van der Waals surface area contributed by atoms with E-state index in [1.54, 1.807) is 11.8 Å². The van der Waals surface area contributed by atoms with Crippen LogP contribution in [-0.2, 0) is 11.2 Å². The Bertz CT molecular complexity index is 1030. The van der Waals surface area contributed by atoms with Crippen molar-refractivity contribution < 1.29 is 14.3 Å². The molecule has 2 aromatic rings. The van der Waals surface area contributed by atoms with Crippen LogP contribution in [0.15, 0.2) is 42.5 Å². The molecule has 3 aliphatic heterocycles. The number of fused-ring (bicyclic) bond motifs is 2. The third-order valence-electron chi connectivity index (χ3n) is 7.02. The van der Waals surface area contributed by atoms with Crippen molar-refractivity contribution in [1.29, 1.82) is 0 Å². The number of carbonyl (C=O) groups excluding carboxylic acids is 2. The first-order valence-electron chi connectivity index (χ1n) is 11.1. The van der Waals surface area contributed by atoms with E-state index < -0.39 is 0 Å². The highest BCUT2D eigenvalue weighted by Crippen LogP contribution is 2.44. The number of benzene rings is 2. The molecule has 1 fully saturated rings. The average molecular weight is 420 g/mol. The molecule has 31 heavy (non-hydrogen) atoms. The first-order valence-corrected chi connectivity index (χ1v) is 11.1. The Labute approximate surface area is 183 Å². The molecule has 2 amide bonds. The summed E-state index contributed by atoms with van der Waals surface area (Å²) >= 11 is 0. The van der Waals surface area contributed by atoms with Crippen molar-refractivity contribution in [2.45, 2.75) is 44.2 Å². The minimum atomic E-state index is -0.223. The number of rotatable bonds is 2. The Morgan fingerprint density at radius 1 is 1.10 bits per heavy atom. The number of nitrogens with one attached hydrogen (secondary N) is 1. The van der Waals surface area contributed by atoms with E-state index in [-0.39, 0.29) is 23.5 Å². The lowest BCUT2D eigenvalue weighted by molar-refractivity contribution is -0.116. The number of hydrogen-bond acceptors (Lipinski definition) is 4. The van der Waals surface area contributed by atoms with Gasteiger partial charge in [-0.2, -0.15) is 0 Å². The molecule has 6 nitrogen and oxygen atoms in total. The van der Waals surface area contributed by atoms with Crippen LogP contribution in [-0.4, -0.2) is 49.0 Å². The van der Waals surface area contributed by atoms with E-state index in [0.717, 1.165) is 61.3 Å². The monoisotopic (exact) mass is 419 g/mol. The number of carbonyl (C=O) groups is 2. The van der Waals surface area contributed by atoms with Gasteiger partial charge in [0.25, 0.3) is 5.91 Å². The van der Waals surface area contributed by atoms with Crippen molar-refractivity contribution in [3.8, 4) is 5.75 Å². The van der Waals surface area contributed by atoms with E-state index in [4.69, 9.17) is 4.74 Å². The Hall–Kier alpha value is -2.86. The fourth-order valence-corrected chi connectivity index (χ4v) is 5.19. The van der Waals surface area contributed by atoms with Gasteiger partial charge in [-0.1, -0.05) is 18.2 Å². The molecule has 1 spiro atoms. The van der Waals surface area contributed by atoms with Crippen LogP contribution in [0.1, 0.15) is 53.7 Å². The van der Waals surface area contributed by atoms with E-state index in [1.807, 2.05) is 36.4 Å². The summed E-state index contributed by atoms with van der Waals surface area (Å²) in [5, 5.41) is 3.29. The molecule has 3 heterocycles. The molecule has 5 rings (SSSR count). The topological polar surface area (TPSA) is 61.9 Å². The second kappa shape index (κ2) is 7.68. The summed E-state index contributed by atoms with van der Waals surface area (Å²) in [7, 11) is 2.14. The van der Waals surface area contributed by atoms with Crippen molar-refractivity contribution >= 4 is 17.5 Å². The van der Waals surface area contributed by atoms with Gasteiger partial charge < -0.3 is 19.9 Å². The fraction of sp³-hybridized carbons (Fsp3) is 0.440. The van der Waals surface area contributed by atoms with Crippen molar-refractivity contribution in [2.24, 2.45) is 0 Å². The lowest BCUT2D eigenvalue weighted by Gasteiger charge is -2.46. The lowest BCUT2D eigenvalue weighted by Crippen LogP contribution is -2.51. The minimum Gasteiger partial charge on any atom is -0.487 e. The summed E-state index contributed by atoms with van der Waals surface area (Å²) in [5.41, 5.74) is 3.45. The summed E-state index contributed by atoms with van der Waals surface area (Å²) in [6.07, 6.45) is 3.49. The van der Waals surface area contributed by atoms with Crippen molar-refractivity contribution in [1.82, 2.24) is 10.2 Å². The van der Waals surface area contributed by atoms with Gasteiger partial charge in [0.05, 0.1) is 6.04 Å². The number of amides is 2. The second-order valence-electron chi connectivity index (χ2n) is 9.12. The van der Waals surface area contributed by atoms with E-state index in [9.17, 15) is 9.59 Å². The molecule has 162 valence electrons. The molecule has 1 saturated heterocycles. The molecular formula is C25H29N3O3. The highest BCUT2D eigenvalue weighted by atomic mass is 16.5. The molecule has 0 unspecified atom stereocenters. The highest BCUT2D eigenvalue weighted by Gasteiger charge is 2.43. The van der Waals surface area contributed by atoms with Gasteiger partial charge in [0.15, 0.2) is 0 Å². The zero-order valence-corrected chi connectivity index (χ0v) is 18.2. The maximum absolute atomic E-state index is 13.2. The quantitative estimate of drug-likeness (QED) is 0.811. The van der Waals surface area contributed by atoms with E-state index in [2.05, 4.69) is 23.3 Å². The predicted octanol–water partition coefficient (Wildman–Crippen LogP) is 3.31. The largest absolute Gasteiger partial charge is 0.487 e. The van der Waals surface area contributed by atoms with Gasteiger partial charge in [0.1, 0.15) is 11.4 Å². The number of nitrogens with zero attached hydrogens (tertiary/aromatic N) is 2. The van der Waals surface area contributed by atoms with Crippen molar-refractivity contribution in [3.63, 3.8) is 0 Å². The number of anilines is 1. The highest BCUT2D eigenvalue weighted by molar-refractivity contribution is 5.98. The summed E-state index contributed by atoms with van der Waals surface area (Å²) in [4.78, 5) is 29.1. The first-order chi connectivity index (χ1) is 14.9. The minimum absolute atomic E-state index is 0.0400. The molecule has 0 bridgehead atoms. The van der Waals surface area contributed by atoms with Crippen molar-refractivity contribution in [2.75, 3.05) is 31.6 Å². The van der Waals surface area contributed by atoms with Crippen molar-refractivity contribution in [3.05, 3.63) is 59.2 Å². The van der Waals surface area contributed by atoms with Gasteiger partial charge in [-0.05, 0) is 56.1 Å². The maximum atomic E-state index is 13.2. The molecule has 0 saturated carbocycles. The Morgan fingerprint density at radius 2 is 1.87 bits per heavy atom. The van der Waals surface area contributed by atoms with E-state index in [0.29, 0.717) is 12.1 Å². The first kappa shape index (κ1) is 20.1. The van der Waals surface area contributed by atoms with Crippen LogP contribution in [0.2, 0.25) is 0 Å². The molecule has 0 aliphatic carbocycles. The number of likely N-dealkylation sites (tertiary alicyclic amines) is 1. The van der Waals surface area contributed by atoms with Gasteiger partial charge in [0.2, 0.25) is 5.91 Å². The number of piperidine rings is 1. The van der Waals surface area contributed by atoms with Crippen LogP contribution in [0, 0.1) is 0 Å². The molecular weight excluding hydrogens is 390 g/mol. The zero-order valence-electron chi connectivity index (χ0n) is 18.2. The standard InChI is InChI=1S/C25H29N3O3/c1-17(29)28-12-9-18-15-19(7-8-22(18)28)24(30)26-21-16-25(10-13-27(2)14-11-25)31-23-6-4-3-5-20(21)23/h3-8,15,21H,9-14,16H2,1-2H3,(H,26,30)/t21-/m0/s1. The van der Waals surface area contributed by atoms with Crippen LogP contribution < -0.4 is 15.0 Å². The Morgan fingerprint density at radius 3 is 2.65 bits per heavy atom. The van der Waals surface area contributed by atoms with Crippen LogP contribution in [0.5, 0.6) is 5.75 Å². The normalized spacial score (nSPS) is 21.9. The molecule has 3 aliphatic rings. The van der Waals surface area contributed by atoms with Gasteiger partial charge in [-0.25, -0.2) is 0 Å². The Balaban J connectivity index is 1.39. The van der Waals surface area contributed by atoms with E-state index in [1.165, 1.54) is 0 Å². The zero-order chi connectivity index (χ0) is 21.6. The molecule has 2 aromatic carbocycles. The molecule has 1 N–H and O–H groups in total. The van der Waals surface area contributed by atoms with Gasteiger partial charge in [-0.15, -0.1) is 0 Å². The smallest absolute Gasteiger partial charge is 0.251 e. The van der Waals surface area contributed by atoms with Crippen LogP contribution in [0.4, 0.5) is 5.69 Å². The van der Waals surface area contributed by atoms with Crippen LogP contribution in [0.3, 0.4) is 0 Å². The lowest BCUT2D eigenvalue weighted by atomic mass is 9.80. The number of hydrogen-bond donors (Lipinski definition) is 1. The maximum Gasteiger partial charge on any atom is 0.251 e. The molecule has 1 atom stereocenters. The summed E-state index contributed by atoms with van der Waals surface area (Å²) in [6.45, 7) is 4.26. The van der Waals surface area contributed by atoms with E-state index >= 15 is 0 Å². The second-order valence-corrected chi connectivity index (χ2v) is 9.12. The van der Waals surface area contributed by atoms with Crippen LogP contribution in [0.25, 0.3) is 0 Å². The molecule has 0 aromatic heterocycles. The summed E-state index contributed by atoms with van der Waals surface area (Å²) in [5.74, 6) is 0.849. The predicted molar refractivity (Wildman–Crippen MR) is 120 cm³/mol. The van der Waals surface area contributed by atoms with Gasteiger partial charge in [-0.3, -0.25) is 9.59 Å². The SMILES string of the molecule is CC(=O)N1CCc2cc(C(=O)N[C@H]3CC4(CCN(C)CC4)Oc4ccccc43)ccc21. The summed E-state index contributed by atoms with van der Waals surface area (Å²) in [6, 6.07) is 13.6.